The van der Waals surface area contributed by atoms with E-state index in [0.29, 0.717) is 16.0 Å². The van der Waals surface area contributed by atoms with Crippen LogP contribution in [0.25, 0.3) is 21.6 Å². The third-order valence-corrected chi connectivity index (χ3v) is 3.56. The molecule has 0 unspecified atom stereocenters. The predicted octanol–water partition coefficient (Wildman–Crippen LogP) is 4.06. The van der Waals surface area contributed by atoms with Gasteiger partial charge in [-0.15, -0.1) is 11.3 Å². The van der Waals surface area contributed by atoms with E-state index in [1.165, 1.54) is 11.3 Å². The zero-order valence-electron chi connectivity index (χ0n) is 8.39. The lowest BCUT2D eigenvalue weighted by molar-refractivity contribution is 1.23. The smallest absolute Gasteiger partial charge is 0.173 e. The largest absolute Gasteiger partial charge is 0.252 e. The van der Waals surface area contributed by atoms with Crippen LogP contribution in [0.1, 0.15) is 0 Å². The molecule has 0 aliphatic rings. The Labute approximate surface area is 111 Å². The van der Waals surface area contributed by atoms with Crippen molar-refractivity contribution in [3.05, 3.63) is 40.1 Å². The van der Waals surface area contributed by atoms with Crippen molar-refractivity contribution in [3.63, 3.8) is 0 Å². The first-order valence-electron chi connectivity index (χ1n) is 4.76. The zero-order valence-corrected chi connectivity index (χ0v) is 10.7. The lowest BCUT2D eigenvalue weighted by Crippen LogP contribution is -1.90. The molecule has 0 spiro atoms. The highest BCUT2D eigenvalue weighted by atomic mass is 35.5. The van der Waals surface area contributed by atoms with Crippen molar-refractivity contribution in [2.24, 2.45) is 0 Å². The molecule has 0 fully saturated rings. The summed E-state index contributed by atoms with van der Waals surface area (Å²) in [5.74, 6) is 0.590. The molecular weight excluding hydrogens is 277 g/mol. The summed E-state index contributed by atoms with van der Waals surface area (Å²) in [5, 5.41) is 1.78. The van der Waals surface area contributed by atoms with Crippen molar-refractivity contribution in [1.29, 1.82) is 0 Å². The van der Waals surface area contributed by atoms with E-state index in [1.807, 2.05) is 6.07 Å². The van der Waals surface area contributed by atoms with Crippen LogP contribution in [0.15, 0.2) is 29.9 Å². The Morgan fingerprint density at radius 3 is 2.76 bits per heavy atom. The van der Waals surface area contributed by atoms with Gasteiger partial charge in [0.2, 0.25) is 0 Å². The number of benzene rings is 1. The standard InChI is InChI=1S/C11H5Cl2N3S/c12-6-1-2-8-7(3-6)10(13)16-11(15-8)9-4-14-5-17-9/h1-5H. The summed E-state index contributed by atoms with van der Waals surface area (Å²) < 4.78 is 0. The van der Waals surface area contributed by atoms with Crippen LogP contribution in [0.5, 0.6) is 0 Å². The highest BCUT2D eigenvalue weighted by Gasteiger charge is 2.09. The molecule has 0 bridgehead atoms. The monoisotopic (exact) mass is 281 g/mol. The second-order valence-corrected chi connectivity index (χ2v) is 5.05. The van der Waals surface area contributed by atoms with Crippen LogP contribution in [0.3, 0.4) is 0 Å². The molecule has 0 saturated heterocycles. The van der Waals surface area contributed by atoms with E-state index in [4.69, 9.17) is 23.2 Å². The van der Waals surface area contributed by atoms with Crippen LogP contribution in [-0.4, -0.2) is 15.0 Å². The summed E-state index contributed by atoms with van der Waals surface area (Å²) in [5.41, 5.74) is 2.51. The molecule has 0 amide bonds. The molecule has 3 nitrogen and oxygen atoms in total. The number of halogens is 2. The van der Waals surface area contributed by atoms with E-state index >= 15 is 0 Å². The first-order chi connectivity index (χ1) is 8.24. The average molecular weight is 282 g/mol. The van der Waals surface area contributed by atoms with Gasteiger partial charge in [-0.2, -0.15) is 0 Å². The van der Waals surface area contributed by atoms with E-state index in [-0.39, 0.29) is 0 Å². The molecule has 17 heavy (non-hydrogen) atoms. The van der Waals surface area contributed by atoms with Crippen molar-refractivity contribution in [2.45, 2.75) is 0 Å². The van der Waals surface area contributed by atoms with Crippen molar-refractivity contribution >= 4 is 45.4 Å². The van der Waals surface area contributed by atoms with Crippen molar-refractivity contribution in [1.82, 2.24) is 15.0 Å². The molecule has 0 saturated carbocycles. The molecule has 84 valence electrons. The molecule has 0 N–H and O–H groups in total. The molecule has 1 aromatic carbocycles. The second kappa shape index (κ2) is 4.22. The number of thiazole rings is 1. The van der Waals surface area contributed by atoms with Gasteiger partial charge >= 0.3 is 0 Å². The third kappa shape index (κ3) is 1.99. The minimum atomic E-state index is 0.404. The van der Waals surface area contributed by atoms with E-state index in [0.717, 1.165) is 15.8 Å². The summed E-state index contributed by atoms with van der Waals surface area (Å²) in [6, 6.07) is 5.37. The first-order valence-corrected chi connectivity index (χ1v) is 6.39. The molecule has 3 aromatic rings. The van der Waals surface area contributed by atoms with Crippen molar-refractivity contribution < 1.29 is 0 Å². The second-order valence-electron chi connectivity index (χ2n) is 3.37. The minimum Gasteiger partial charge on any atom is -0.252 e. The van der Waals surface area contributed by atoms with Gasteiger partial charge in [-0.05, 0) is 18.2 Å². The number of fused-ring (bicyclic) bond motifs is 1. The molecule has 2 heterocycles. The van der Waals surface area contributed by atoms with Crippen LogP contribution in [0.4, 0.5) is 0 Å². The highest BCUT2D eigenvalue weighted by Crippen LogP contribution is 2.28. The fraction of sp³-hybridized carbons (Fsp3) is 0. The SMILES string of the molecule is Clc1ccc2nc(-c3cncs3)nc(Cl)c2c1. The molecule has 0 aliphatic heterocycles. The maximum absolute atomic E-state index is 6.13. The van der Waals surface area contributed by atoms with Crippen LogP contribution in [0.2, 0.25) is 10.2 Å². The number of rotatable bonds is 1. The van der Waals surface area contributed by atoms with Gasteiger partial charge in [0.05, 0.1) is 15.9 Å². The summed E-state index contributed by atoms with van der Waals surface area (Å²) in [6.45, 7) is 0. The molecule has 6 heteroatoms. The molecule has 2 aromatic heterocycles. The fourth-order valence-corrected chi connectivity index (χ4v) is 2.46. The van der Waals surface area contributed by atoms with Crippen LogP contribution < -0.4 is 0 Å². The Balaban J connectivity index is 2.28. The first kappa shape index (κ1) is 10.9. The quantitative estimate of drug-likeness (QED) is 0.632. The van der Waals surface area contributed by atoms with E-state index < -0.39 is 0 Å². The third-order valence-electron chi connectivity index (χ3n) is 2.26. The van der Waals surface area contributed by atoms with Gasteiger partial charge in [-0.1, -0.05) is 23.2 Å². The average Bonchev–Trinajstić information content (AvgIpc) is 2.83. The van der Waals surface area contributed by atoms with E-state index in [9.17, 15) is 0 Å². The fourth-order valence-electron chi connectivity index (χ4n) is 1.50. The molecule has 3 rings (SSSR count). The molecule has 0 radical (unpaired) electrons. The number of hydrogen-bond donors (Lipinski definition) is 0. The van der Waals surface area contributed by atoms with Gasteiger partial charge in [0.1, 0.15) is 5.15 Å². The van der Waals surface area contributed by atoms with Gasteiger partial charge in [-0.25, -0.2) is 9.97 Å². The lowest BCUT2D eigenvalue weighted by atomic mass is 10.2. The number of hydrogen-bond acceptors (Lipinski definition) is 4. The van der Waals surface area contributed by atoms with Gasteiger partial charge in [0, 0.05) is 16.6 Å². The van der Waals surface area contributed by atoms with Crippen LogP contribution in [0, 0.1) is 0 Å². The number of aromatic nitrogens is 3. The van der Waals surface area contributed by atoms with Crippen molar-refractivity contribution in [2.75, 3.05) is 0 Å². The summed E-state index contributed by atoms with van der Waals surface area (Å²) in [4.78, 5) is 13.6. The normalized spacial score (nSPS) is 10.9. The molecular formula is C11H5Cl2N3S. The predicted molar refractivity (Wildman–Crippen MR) is 70.7 cm³/mol. The van der Waals surface area contributed by atoms with Gasteiger partial charge in [-0.3, -0.25) is 4.98 Å². The number of nitrogens with zero attached hydrogens (tertiary/aromatic N) is 3. The Kier molecular flexibility index (Phi) is 2.70. The summed E-state index contributed by atoms with van der Waals surface area (Å²) in [7, 11) is 0. The highest BCUT2D eigenvalue weighted by molar-refractivity contribution is 7.13. The zero-order chi connectivity index (χ0) is 11.8. The lowest BCUT2D eigenvalue weighted by Gasteiger charge is -2.02. The van der Waals surface area contributed by atoms with E-state index in [1.54, 1.807) is 23.8 Å². The Morgan fingerprint density at radius 1 is 1.12 bits per heavy atom. The Morgan fingerprint density at radius 2 is 2.00 bits per heavy atom. The molecule has 0 aliphatic carbocycles. The van der Waals surface area contributed by atoms with E-state index in [2.05, 4.69) is 15.0 Å². The van der Waals surface area contributed by atoms with Gasteiger partial charge < -0.3 is 0 Å². The summed E-state index contributed by atoms with van der Waals surface area (Å²) in [6.07, 6.45) is 1.72. The minimum absolute atomic E-state index is 0.404. The Hall–Kier alpha value is -1.23. The van der Waals surface area contributed by atoms with Gasteiger partial charge in [0.15, 0.2) is 5.82 Å². The van der Waals surface area contributed by atoms with Crippen LogP contribution in [-0.2, 0) is 0 Å². The van der Waals surface area contributed by atoms with Crippen molar-refractivity contribution in [3.8, 4) is 10.7 Å². The maximum atomic E-state index is 6.13. The van der Waals surface area contributed by atoms with Crippen LogP contribution >= 0.6 is 34.5 Å². The Bertz CT molecular complexity index is 682. The maximum Gasteiger partial charge on any atom is 0.173 e. The molecule has 0 atom stereocenters. The van der Waals surface area contributed by atoms with Gasteiger partial charge in [0.25, 0.3) is 0 Å². The summed E-state index contributed by atoms with van der Waals surface area (Å²) >= 11 is 13.5. The topological polar surface area (TPSA) is 38.7 Å².